The molecule has 0 bridgehead atoms. The number of nitriles is 1. The van der Waals surface area contributed by atoms with Crippen LogP contribution in [-0.2, 0) is 11.2 Å². The van der Waals surface area contributed by atoms with Crippen molar-refractivity contribution in [3.8, 4) is 6.07 Å². The van der Waals surface area contributed by atoms with E-state index in [0.29, 0.717) is 5.56 Å². The second kappa shape index (κ2) is 6.77. The van der Waals surface area contributed by atoms with Gasteiger partial charge in [0.2, 0.25) is 0 Å². The molecule has 0 aliphatic heterocycles. The van der Waals surface area contributed by atoms with Crippen LogP contribution in [0.5, 0.6) is 0 Å². The first-order valence-electron chi connectivity index (χ1n) is 5.77. The van der Waals surface area contributed by atoms with E-state index < -0.39 is 5.97 Å². The highest BCUT2D eigenvalue weighted by Crippen LogP contribution is 2.32. The number of rotatable bonds is 4. The molecule has 0 radical (unpaired) electrons. The van der Waals surface area contributed by atoms with Gasteiger partial charge in [-0.25, -0.2) is 0 Å². The first-order valence-corrected chi connectivity index (χ1v) is 7.66. The van der Waals surface area contributed by atoms with Crippen LogP contribution in [0, 0.1) is 14.9 Å². The minimum absolute atomic E-state index is 0.0410. The van der Waals surface area contributed by atoms with Gasteiger partial charge in [-0.2, -0.15) is 5.26 Å². The van der Waals surface area contributed by atoms with Crippen LogP contribution in [0.2, 0.25) is 0 Å². The number of hydrogen-bond acceptors (Lipinski definition) is 3. The van der Waals surface area contributed by atoms with Crippen LogP contribution in [0.4, 0.5) is 0 Å². The van der Waals surface area contributed by atoms with E-state index in [1.54, 1.807) is 17.8 Å². The van der Waals surface area contributed by atoms with Gasteiger partial charge in [-0.1, -0.05) is 23.9 Å². The maximum atomic E-state index is 10.6. The van der Waals surface area contributed by atoms with E-state index in [1.807, 2.05) is 36.4 Å². The molecule has 3 nitrogen and oxygen atoms in total. The summed E-state index contributed by atoms with van der Waals surface area (Å²) in [6.45, 7) is 0. The third-order valence-electron chi connectivity index (χ3n) is 2.57. The Bertz CT molecular complexity index is 677. The molecule has 0 saturated carbocycles. The SMILES string of the molecule is N#Cc1ccc(Sc2ccc(CC(=O)O)cc2)c(I)c1. The number of benzene rings is 2. The van der Waals surface area contributed by atoms with Crippen molar-refractivity contribution in [2.24, 2.45) is 0 Å². The number of halogens is 1. The largest absolute Gasteiger partial charge is 0.481 e. The molecule has 1 N–H and O–H groups in total. The quantitative estimate of drug-likeness (QED) is 0.797. The van der Waals surface area contributed by atoms with Gasteiger partial charge in [0.05, 0.1) is 18.1 Å². The number of carbonyl (C=O) groups is 1. The van der Waals surface area contributed by atoms with E-state index in [-0.39, 0.29) is 6.42 Å². The summed E-state index contributed by atoms with van der Waals surface area (Å²) in [5.41, 5.74) is 1.44. The normalized spacial score (nSPS) is 10.0. The van der Waals surface area contributed by atoms with Crippen molar-refractivity contribution in [1.82, 2.24) is 0 Å². The zero-order valence-electron chi connectivity index (χ0n) is 10.3. The predicted molar refractivity (Wildman–Crippen MR) is 85.8 cm³/mol. The zero-order valence-corrected chi connectivity index (χ0v) is 13.3. The number of carboxylic acids is 1. The molecule has 0 heterocycles. The highest BCUT2D eigenvalue weighted by Gasteiger charge is 2.05. The minimum atomic E-state index is -0.827. The molecule has 2 aromatic rings. The second-order valence-electron chi connectivity index (χ2n) is 4.07. The van der Waals surface area contributed by atoms with Gasteiger partial charge in [0.15, 0.2) is 0 Å². The van der Waals surface area contributed by atoms with E-state index in [1.165, 1.54) is 0 Å². The van der Waals surface area contributed by atoms with Gasteiger partial charge >= 0.3 is 5.97 Å². The molecule has 0 fully saturated rings. The van der Waals surface area contributed by atoms with Crippen molar-refractivity contribution in [3.05, 3.63) is 57.2 Å². The molecular formula is C15H10INO2S. The van der Waals surface area contributed by atoms with Crippen LogP contribution < -0.4 is 0 Å². The second-order valence-corrected chi connectivity index (χ2v) is 6.35. The molecule has 0 unspecified atom stereocenters. The average Bonchev–Trinajstić information content (AvgIpc) is 2.42. The number of nitrogens with zero attached hydrogens (tertiary/aromatic N) is 1. The van der Waals surface area contributed by atoms with Gasteiger partial charge in [0.25, 0.3) is 0 Å². The van der Waals surface area contributed by atoms with Crippen LogP contribution in [0.25, 0.3) is 0 Å². The molecule has 0 amide bonds. The molecule has 0 saturated heterocycles. The molecule has 0 aliphatic carbocycles. The van der Waals surface area contributed by atoms with E-state index >= 15 is 0 Å². The third kappa shape index (κ3) is 3.99. The fourth-order valence-corrected chi connectivity index (χ4v) is 3.29. The monoisotopic (exact) mass is 395 g/mol. The van der Waals surface area contributed by atoms with Crippen LogP contribution in [0.1, 0.15) is 11.1 Å². The van der Waals surface area contributed by atoms with E-state index in [9.17, 15) is 4.79 Å². The summed E-state index contributed by atoms with van der Waals surface area (Å²) in [6, 6.07) is 15.2. The average molecular weight is 395 g/mol. The lowest BCUT2D eigenvalue weighted by atomic mass is 10.2. The standard InChI is InChI=1S/C15H10INO2S/c16-13-7-11(9-17)3-6-14(13)20-12-4-1-10(2-5-12)8-15(18)19/h1-7H,8H2,(H,18,19). The van der Waals surface area contributed by atoms with Crippen LogP contribution in [0.3, 0.4) is 0 Å². The highest BCUT2D eigenvalue weighted by atomic mass is 127. The summed E-state index contributed by atoms with van der Waals surface area (Å²) in [6.07, 6.45) is 0.0410. The van der Waals surface area contributed by atoms with Gasteiger partial charge in [0, 0.05) is 13.4 Å². The molecule has 20 heavy (non-hydrogen) atoms. The molecule has 0 aliphatic rings. The Labute approximate surface area is 134 Å². The molecule has 5 heteroatoms. The Morgan fingerprint density at radius 1 is 1.25 bits per heavy atom. The Hall–Kier alpha value is -1.52. The van der Waals surface area contributed by atoms with Crippen LogP contribution >= 0.6 is 34.4 Å². The molecule has 0 spiro atoms. The van der Waals surface area contributed by atoms with Crippen molar-refractivity contribution in [1.29, 1.82) is 5.26 Å². The molecule has 2 rings (SSSR count). The van der Waals surface area contributed by atoms with Crippen molar-refractivity contribution < 1.29 is 9.90 Å². The third-order valence-corrected chi connectivity index (χ3v) is 4.91. The summed E-state index contributed by atoms with van der Waals surface area (Å²) in [4.78, 5) is 12.7. The van der Waals surface area contributed by atoms with Crippen molar-refractivity contribution >= 4 is 40.3 Å². The number of aliphatic carboxylic acids is 1. The van der Waals surface area contributed by atoms with Gasteiger partial charge in [0.1, 0.15) is 0 Å². The van der Waals surface area contributed by atoms with Crippen molar-refractivity contribution in [2.75, 3.05) is 0 Å². The topological polar surface area (TPSA) is 61.1 Å². The maximum Gasteiger partial charge on any atom is 0.307 e. The maximum absolute atomic E-state index is 10.6. The van der Waals surface area contributed by atoms with Crippen LogP contribution in [-0.4, -0.2) is 11.1 Å². The lowest BCUT2D eigenvalue weighted by molar-refractivity contribution is -0.136. The summed E-state index contributed by atoms with van der Waals surface area (Å²) in [5, 5.41) is 17.6. The highest BCUT2D eigenvalue weighted by molar-refractivity contribution is 14.1. The van der Waals surface area contributed by atoms with Gasteiger partial charge in [-0.15, -0.1) is 0 Å². The fourth-order valence-electron chi connectivity index (χ4n) is 1.63. The van der Waals surface area contributed by atoms with Gasteiger partial charge in [-0.3, -0.25) is 4.79 Å². The van der Waals surface area contributed by atoms with E-state index in [2.05, 4.69) is 28.7 Å². The lowest BCUT2D eigenvalue weighted by Gasteiger charge is -2.05. The lowest BCUT2D eigenvalue weighted by Crippen LogP contribution is -1.99. The predicted octanol–water partition coefficient (Wildman–Crippen LogP) is 3.94. The summed E-state index contributed by atoms with van der Waals surface area (Å²) < 4.78 is 1.03. The Morgan fingerprint density at radius 2 is 1.95 bits per heavy atom. The Balaban J connectivity index is 2.14. The summed E-state index contributed by atoms with van der Waals surface area (Å²) in [7, 11) is 0. The first-order chi connectivity index (χ1) is 9.58. The van der Waals surface area contributed by atoms with E-state index in [4.69, 9.17) is 10.4 Å². The molecule has 100 valence electrons. The Kier molecular flexibility index (Phi) is 5.04. The fraction of sp³-hybridized carbons (Fsp3) is 0.0667. The molecule has 2 aromatic carbocycles. The minimum Gasteiger partial charge on any atom is -0.481 e. The molecule has 0 atom stereocenters. The van der Waals surface area contributed by atoms with Crippen molar-refractivity contribution in [3.63, 3.8) is 0 Å². The van der Waals surface area contributed by atoms with Gasteiger partial charge < -0.3 is 5.11 Å². The zero-order chi connectivity index (χ0) is 14.5. The summed E-state index contributed by atoms with van der Waals surface area (Å²) >= 11 is 3.81. The van der Waals surface area contributed by atoms with Gasteiger partial charge in [-0.05, 0) is 58.5 Å². The van der Waals surface area contributed by atoms with Crippen LogP contribution in [0.15, 0.2) is 52.3 Å². The Morgan fingerprint density at radius 3 is 2.50 bits per heavy atom. The van der Waals surface area contributed by atoms with Crippen molar-refractivity contribution in [2.45, 2.75) is 16.2 Å². The first kappa shape index (κ1) is 14.9. The molecular weight excluding hydrogens is 385 g/mol. The number of hydrogen-bond donors (Lipinski definition) is 1. The molecule has 0 aromatic heterocycles. The number of carboxylic acid groups (broad SMARTS) is 1. The smallest absolute Gasteiger partial charge is 0.307 e. The summed E-state index contributed by atoms with van der Waals surface area (Å²) in [5.74, 6) is -0.827. The van der Waals surface area contributed by atoms with E-state index in [0.717, 1.165) is 18.9 Å².